The molecule has 1 N–H and O–H groups in total. The zero-order valence-corrected chi connectivity index (χ0v) is 11.9. The summed E-state index contributed by atoms with van der Waals surface area (Å²) in [5.41, 5.74) is 0.132. The first-order valence-electron chi connectivity index (χ1n) is 6.64. The summed E-state index contributed by atoms with van der Waals surface area (Å²) < 4.78 is 42.8. The third kappa shape index (κ3) is 2.90. The molecule has 1 heterocycles. The first kappa shape index (κ1) is 15.1. The molecule has 0 saturated heterocycles. The maximum Gasteiger partial charge on any atom is 0.416 e. The summed E-state index contributed by atoms with van der Waals surface area (Å²) in [6, 6.07) is 9.29. The quantitative estimate of drug-likeness (QED) is 0.784. The Morgan fingerprint density at radius 2 is 1.78 bits per heavy atom. The molecule has 1 aromatic heterocycles. The van der Waals surface area contributed by atoms with E-state index >= 15 is 0 Å². The second kappa shape index (κ2) is 5.42. The van der Waals surface area contributed by atoms with Crippen LogP contribution in [0.4, 0.5) is 13.2 Å². The second-order valence-electron chi connectivity index (χ2n) is 4.87. The Hall–Kier alpha value is -2.83. The lowest BCUT2D eigenvalue weighted by Crippen LogP contribution is -2.12. The number of halogens is 3. The largest absolute Gasteiger partial charge is 0.497 e. The number of rotatable bonds is 2. The van der Waals surface area contributed by atoms with Crippen LogP contribution in [0.1, 0.15) is 5.56 Å². The lowest BCUT2D eigenvalue weighted by atomic mass is 10.1. The highest BCUT2D eigenvalue weighted by molar-refractivity contribution is 5.78. The molecule has 0 saturated carbocycles. The topological polar surface area (TPSA) is 55.0 Å². The van der Waals surface area contributed by atoms with Gasteiger partial charge in [0, 0.05) is 11.6 Å². The molecule has 0 radical (unpaired) electrons. The van der Waals surface area contributed by atoms with E-state index in [1.807, 2.05) is 0 Å². The average molecular weight is 320 g/mol. The third-order valence-corrected chi connectivity index (χ3v) is 3.38. The molecule has 0 aliphatic carbocycles. The van der Waals surface area contributed by atoms with E-state index in [0.29, 0.717) is 22.3 Å². The van der Waals surface area contributed by atoms with Crippen LogP contribution in [0.15, 0.2) is 47.3 Å². The van der Waals surface area contributed by atoms with Gasteiger partial charge in [0.2, 0.25) is 0 Å². The molecule has 0 aliphatic rings. The molecular formula is C16H11F3N2O2. The van der Waals surface area contributed by atoms with Gasteiger partial charge in [-0.2, -0.15) is 13.2 Å². The zero-order valence-electron chi connectivity index (χ0n) is 11.9. The van der Waals surface area contributed by atoms with Crippen LogP contribution < -0.4 is 10.3 Å². The lowest BCUT2D eigenvalue weighted by molar-refractivity contribution is -0.137. The predicted octanol–water partition coefficient (Wildman–Crippen LogP) is 3.62. The first-order chi connectivity index (χ1) is 10.9. The zero-order chi connectivity index (χ0) is 16.6. The molecule has 7 heteroatoms. The molecule has 0 spiro atoms. The van der Waals surface area contributed by atoms with Gasteiger partial charge in [-0.1, -0.05) is 12.1 Å². The van der Waals surface area contributed by atoms with Crippen molar-refractivity contribution in [3.63, 3.8) is 0 Å². The van der Waals surface area contributed by atoms with Crippen molar-refractivity contribution in [2.45, 2.75) is 6.18 Å². The van der Waals surface area contributed by atoms with Crippen molar-refractivity contribution in [2.75, 3.05) is 7.11 Å². The predicted molar refractivity (Wildman–Crippen MR) is 79.4 cm³/mol. The Balaban J connectivity index is 2.09. The lowest BCUT2D eigenvalue weighted by Gasteiger charge is -2.08. The van der Waals surface area contributed by atoms with Crippen LogP contribution in [-0.4, -0.2) is 17.1 Å². The van der Waals surface area contributed by atoms with Gasteiger partial charge in [0.1, 0.15) is 11.4 Å². The molecule has 0 unspecified atom stereocenters. The van der Waals surface area contributed by atoms with E-state index in [0.717, 1.165) is 12.1 Å². The van der Waals surface area contributed by atoms with Crippen molar-refractivity contribution in [3.8, 4) is 17.0 Å². The molecule has 0 atom stereocenters. The van der Waals surface area contributed by atoms with Gasteiger partial charge in [0.15, 0.2) is 0 Å². The summed E-state index contributed by atoms with van der Waals surface area (Å²) in [7, 11) is 1.50. The monoisotopic (exact) mass is 320 g/mol. The molecule has 2 aromatic carbocycles. The molecule has 0 fully saturated rings. The number of hydrogen-bond donors (Lipinski definition) is 1. The highest BCUT2D eigenvalue weighted by Gasteiger charge is 2.30. The van der Waals surface area contributed by atoms with Crippen LogP contribution >= 0.6 is 0 Å². The van der Waals surface area contributed by atoms with E-state index in [9.17, 15) is 18.0 Å². The maximum absolute atomic E-state index is 12.6. The van der Waals surface area contributed by atoms with Crippen molar-refractivity contribution in [1.82, 2.24) is 9.97 Å². The number of aromatic amines is 1. The minimum Gasteiger partial charge on any atom is -0.497 e. The van der Waals surface area contributed by atoms with Crippen LogP contribution in [-0.2, 0) is 6.18 Å². The average Bonchev–Trinajstić information content (AvgIpc) is 2.53. The number of hydrogen-bond acceptors (Lipinski definition) is 3. The van der Waals surface area contributed by atoms with E-state index in [2.05, 4.69) is 9.97 Å². The number of aromatic nitrogens is 2. The summed E-state index contributed by atoms with van der Waals surface area (Å²) in [4.78, 5) is 19.0. The van der Waals surface area contributed by atoms with E-state index < -0.39 is 17.3 Å². The van der Waals surface area contributed by atoms with Crippen LogP contribution in [0.5, 0.6) is 5.75 Å². The number of H-pyrrole nitrogens is 1. The SMILES string of the molecule is COc1ccc2nc(-c3ccc(C(F)(F)F)cc3)c(=O)[nH]c2c1. The molecule has 0 bridgehead atoms. The van der Waals surface area contributed by atoms with Gasteiger partial charge in [-0.3, -0.25) is 4.79 Å². The Morgan fingerprint density at radius 1 is 1.09 bits per heavy atom. The molecule has 4 nitrogen and oxygen atoms in total. The molecular weight excluding hydrogens is 309 g/mol. The molecule has 23 heavy (non-hydrogen) atoms. The summed E-state index contributed by atoms with van der Waals surface area (Å²) in [6.45, 7) is 0. The Morgan fingerprint density at radius 3 is 2.39 bits per heavy atom. The maximum atomic E-state index is 12.6. The van der Waals surface area contributed by atoms with E-state index in [1.54, 1.807) is 18.2 Å². The van der Waals surface area contributed by atoms with E-state index in [1.165, 1.54) is 19.2 Å². The number of nitrogens with one attached hydrogen (secondary N) is 1. The standard InChI is InChI=1S/C16H11F3N2O2/c1-23-11-6-7-12-13(8-11)21-15(22)14(20-12)9-2-4-10(5-3-9)16(17,18)19/h2-8H,1H3,(H,21,22). The van der Waals surface area contributed by atoms with E-state index in [-0.39, 0.29) is 5.69 Å². The van der Waals surface area contributed by atoms with Crippen molar-refractivity contribution < 1.29 is 17.9 Å². The number of benzene rings is 2. The normalized spacial score (nSPS) is 11.7. The number of fused-ring (bicyclic) bond motifs is 1. The molecule has 3 rings (SSSR count). The Labute approximate surface area is 128 Å². The number of methoxy groups -OCH3 is 1. The minimum atomic E-state index is -4.42. The van der Waals surface area contributed by atoms with E-state index in [4.69, 9.17) is 4.74 Å². The highest BCUT2D eigenvalue weighted by atomic mass is 19.4. The smallest absolute Gasteiger partial charge is 0.416 e. The van der Waals surface area contributed by atoms with Gasteiger partial charge < -0.3 is 9.72 Å². The molecule has 0 aliphatic heterocycles. The van der Waals surface area contributed by atoms with Crippen molar-refractivity contribution in [3.05, 3.63) is 58.4 Å². The van der Waals surface area contributed by atoms with Gasteiger partial charge >= 0.3 is 6.18 Å². The highest BCUT2D eigenvalue weighted by Crippen LogP contribution is 2.30. The fraction of sp³-hybridized carbons (Fsp3) is 0.125. The molecule has 118 valence electrons. The fourth-order valence-corrected chi connectivity index (χ4v) is 2.21. The van der Waals surface area contributed by atoms with Crippen LogP contribution in [0, 0.1) is 0 Å². The van der Waals surface area contributed by atoms with Crippen molar-refractivity contribution >= 4 is 11.0 Å². The second-order valence-corrected chi connectivity index (χ2v) is 4.87. The molecule has 3 aromatic rings. The van der Waals surface area contributed by atoms with Gasteiger partial charge in [-0.05, 0) is 24.3 Å². The van der Waals surface area contributed by atoms with Crippen LogP contribution in [0.25, 0.3) is 22.3 Å². The number of ether oxygens (including phenoxy) is 1. The number of alkyl halides is 3. The van der Waals surface area contributed by atoms with Crippen LogP contribution in [0.2, 0.25) is 0 Å². The van der Waals surface area contributed by atoms with Gasteiger partial charge in [-0.25, -0.2) is 4.98 Å². The van der Waals surface area contributed by atoms with Crippen LogP contribution in [0.3, 0.4) is 0 Å². The van der Waals surface area contributed by atoms with Gasteiger partial charge in [0.05, 0.1) is 23.7 Å². The minimum absolute atomic E-state index is 0.0661. The van der Waals surface area contributed by atoms with Crippen molar-refractivity contribution in [2.24, 2.45) is 0 Å². The first-order valence-corrected chi connectivity index (χ1v) is 6.64. The summed E-state index contributed by atoms with van der Waals surface area (Å²) >= 11 is 0. The Kier molecular flexibility index (Phi) is 3.55. The summed E-state index contributed by atoms with van der Waals surface area (Å²) in [5.74, 6) is 0.567. The van der Waals surface area contributed by atoms with Gasteiger partial charge in [-0.15, -0.1) is 0 Å². The Bertz CT molecular complexity index is 915. The summed E-state index contributed by atoms with van der Waals surface area (Å²) in [6.07, 6.45) is -4.42. The molecule has 0 amide bonds. The van der Waals surface area contributed by atoms with Crippen molar-refractivity contribution in [1.29, 1.82) is 0 Å². The summed E-state index contributed by atoms with van der Waals surface area (Å²) in [5, 5.41) is 0. The third-order valence-electron chi connectivity index (χ3n) is 3.38. The number of nitrogens with zero attached hydrogens (tertiary/aromatic N) is 1. The van der Waals surface area contributed by atoms with Gasteiger partial charge in [0.25, 0.3) is 5.56 Å². The fourth-order valence-electron chi connectivity index (χ4n) is 2.21.